The number of sulfonamides is 1. The summed E-state index contributed by atoms with van der Waals surface area (Å²) in [5.41, 5.74) is 1.69. The molecule has 1 atom stereocenters. The van der Waals surface area contributed by atoms with Crippen molar-refractivity contribution in [3.05, 3.63) is 98.4 Å². The van der Waals surface area contributed by atoms with Gasteiger partial charge >= 0.3 is 0 Å². The zero-order valence-corrected chi connectivity index (χ0v) is 25.7. The van der Waals surface area contributed by atoms with Gasteiger partial charge in [0, 0.05) is 23.5 Å². The van der Waals surface area contributed by atoms with Gasteiger partial charge in [-0.05, 0) is 49.2 Å². The van der Waals surface area contributed by atoms with Crippen molar-refractivity contribution >= 4 is 66.7 Å². The number of amides is 2. The lowest BCUT2D eigenvalue weighted by atomic mass is 10.0. The molecule has 2 amide bonds. The third-order valence-corrected chi connectivity index (χ3v) is 8.25. The zero-order valence-electron chi connectivity index (χ0n) is 21.8. The summed E-state index contributed by atoms with van der Waals surface area (Å²) < 4.78 is 27.5. The number of benzene rings is 3. The molecule has 0 fully saturated rings. The molecule has 0 saturated carbocycles. The van der Waals surface area contributed by atoms with Crippen molar-refractivity contribution < 1.29 is 18.0 Å². The van der Waals surface area contributed by atoms with Gasteiger partial charge in [-0.1, -0.05) is 87.7 Å². The van der Waals surface area contributed by atoms with E-state index in [0.717, 1.165) is 26.2 Å². The molecular formula is C28H30BrCl2N3O4S. The normalized spacial score (nSPS) is 12.2. The van der Waals surface area contributed by atoms with Gasteiger partial charge < -0.3 is 10.2 Å². The predicted molar refractivity (Wildman–Crippen MR) is 161 cm³/mol. The van der Waals surface area contributed by atoms with E-state index in [4.69, 9.17) is 23.2 Å². The van der Waals surface area contributed by atoms with Crippen LogP contribution in [0.5, 0.6) is 0 Å². The molecule has 0 aliphatic heterocycles. The van der Waals surface area contributed by atoms with Crippen LogP contribution >= 0.6 is 39.1 Å². The van der Waals surface area contributed by atoms with E-state index in [1.165, 1.54) is 17.0 Å². The predicted octanol–water partition coefficient (Wildman–Crippen LogP) is 5.69. The molecule has 0 spiro atoms. The highest BCUT2D eigenvalue weighted by atomic mass is 79.9. The standard InChI is InChI=1S/C28H30BrCl2N3O4S/c1-19(2)32-28(36)25(16-20-9-5-4-6-10-20)33(17-21-11-7-12-22(29)15-21)26(35)18-34(39(3,37)38)24-14-8-13-23(30)27(24)31/h4-15,19,25H,16-18H2,1-3H3,(H,32,36). The van der Waals surface area contributed by atoms with Gasteiger partial charge in [0.05, 0.1) is 22.0 Å². The van der Waals surface area contributed by atoms with Crippen LogP contribution in [0.3, 0.4) is 0 Å². The molecule has 7 nitrogen and oxygen atoms in total. The summed E-state index contributed by atoms with van der Waals surface area (Å²) in [4.78, 5) is 29.0. The Labute approximate surface area is 248 Å². The van der Waals surface area contributed by atoms with Crippen molar-refractivity contribution in [2.75, 3.05) is 17.1 Å². The third kappa shape index (κ3) is 8.70. The average Bonchev–Trinajstić information content (AvgIpc) is 2.86. The smallest absolute Gasteiger partial charge is 0.244 e. The number of nitrogens with one attached hydrogen (secondary N) is 1. The maximum Gasteiger partial charge on any atom is 0.244 e. The summed E-state index contributed by atoms with van der Waals surface area (Å²) in [5, 5.41) is 3.08. The van der Waals surface area contributed by atoms with Crippen LogP contribution in [-0.4, -0.2) is 50.0 Å². The Hall–Kier alpha value is -2.59. The Morgan fingerprint density at radius 1 is 0.949 bits per heavy atom. The second-order valence-corrected chi connectivity index (χ2v) is 13.0. The summed E-state index contributed by atoms with van der Waals surface area (Å²) >= 11 is 16.0. The van der Waals surface area contributed by atoms with Crippen molar-refractivity contribution in [2.24, 2.45) is 0 Å². The number of hydrogen-bond acceptors (Lipinski definition) is 4. The molecule has 3 rings (SSSR count). The molecule has 3 aromatic rings. The highest BCUT2D eigenvalue weighted by molar-refractivity contribution is 9.10. The number of hydrogen-bond donors (Lipinski definition) is 1. The number of halogens is 3. The Morgan fingerprint density at radius 3 is 2.21 bits per heavy atom. The highest BCUT2D eigenvalue weighted by Gasteiger charge is 2.33. The SMILES string of the molecule is CC(C)NC(=O)C(Cc1ccccc1)N(Cc1cccc(Br)c1)C(=O)CN(c1cccc(Cl)c1Cl)S(C)(=O)=O. The van der Waals surface area contributed by atoms with Crippen molar-refractivity contribution in [1.29, 1.82) is 0 Å². The van der Waals surface area contributed by atoms with E-state index in [1.54, 1.807) is 6.07 Å². The second-order valence-electron chi connectivity index (χ2n) is 9.36. The molecule has 39 heavy (non-hydrogen) atoms. The van der Waals surface area contributed by atoms with Crippen molar-refractivity contribution in [3.63, 3.8) is 0 Å². The quantitative estimate of drug-likeness (QED) is 0.288. The van der Waals surface area contributed by atoms with E-state index in [-0.39, 0.29) is 40.6 Å². The summed E-state index contributed by atoms with van der Waals surface area (Å²) in [6.07, 6.45) is 1.22. The van der Waals surface area contributed by atoms with Crippen LogP contribution in [0, 0.1) is 0 Å². The van der Waals surface area contributed by atoms with E-state index in [9.17, 15) is 18.0 Å². The van der Waals surface area contributed by atoms with E-state index < -0.39 is 28.5 Å². The Kier molecular flexibility index (Phi) is 10.8. The van der Waals surface area contributed by atoms with E-state index >= 15 is 0 Å². The minimum atomic E-state index is -3.95. The maximum atomic E-state index is 14.0. The van der Waals surface area contributed by atoms with Gasteiger partial charge in [-0.2, -0.15) is 0 Å². The molecule has 0 bridgehead atoms. The molecule has 0 aromatic heterocycles. The molecule has 0 aliphatic rings. The number of carbonyl (C=O) groups is 2. The van der Waals surface area contributed by atoms with Gasteiger partial charge in [0.1, 0.15) is 12.6 Å². The molecule has 0 saturated heterocycles. The van der Waals surface area contributed by atoms with Crippen LogP contribution in [0.25, 0.3) is 0 Å². The first kappa shape index (κ1) is 30.9. The molecule has 1 N–H and O–H groups in total. The Balaban J connectivity index is 2.08. The van der Waals surface area contributed by atoms with Crippen molar-refractivity contribution in [3.8, 4) is 0 Å². The minimum Gasteiger partial charge on any atom is -0.352 e. The lowest BCUT2D eigenvalue weighted by Crippen LogP contribution is -2.54. The molecule has 1 unspecified atom stereocenters. The van der Waals surface area contributed by atoms with E-state index in [2.05, 4.69) is 21.2 Å². The zero-order chi connectivity index (χ0) is 28.7. The molecular weight excluding hydrogens is 625 g/mol. The molecule has 0 aliphatic carbocycles. The van der Waals surface area contributed by atoms with Gasteiger partial charge in [0.2, 0.25) is 21.8 Å². The highest BCUT2D eigenvalue weighted by Crippen LogP contribution is 2.34. The van der Waals surface area contributed by atoms with Gasteiger partial charge in [-0.25, -0.2) is 8.42 Å². The lowest BCUT2D eigenvalue weighted by molar-refractivity contribution is -0.140. The van der Waals surface area contributed by atoms with Crippen molar-refractivity contribution in [1.82, 2.24) is 10.2 Å². The molecule has 11 heteroatoms. The Bertz CT molecular complexity index is 1420. The number of rotatable bonds is 11. The lowest BCUT2D eigenvalue weighted by Gasteiger charge is -2.34. The molecule has 3 aromatic carbocycles. The first-order chi connectivity index (χ1) is 18.4. The number of anilines is 1. The first-order valence-electron chi connectivity index (χ1n) is 12.2. The van der Waals surface area contributed by atoms with Crippen LogP contribution in [0.2, 0.25) is 10.0 Å². The molecule has 0 radical (unpaired) electrons. The van der Waals surface area contributed by atoms with Crippen LogP contribution < -0.4 is 9.62 Å². The Morgan fingerprint density at radius 2 is 1.59 bits per heavy atom. The van der Waals surface area contributed by atoms with E-state index in [0.29, 0.717) is 0 Å². The van der Waals surface area contributed by atoms with Crippen LogP contribution in [0.1, 0.15) is 25.0 Å². The van der Waals surface area contributed by atoms with E-state index in [1.807, 2.05) is 68.4 Å². The summed E-state index contributed by atoms with van der Waals surface area (Å²) in [7, 11) is -3.95. The monoisotopic (exact) mass is 653 g/mol. The summed E-state index contributed by atoms with van der Waals surface area (Å²) in [6, 6.07) is 20.2. The second kappa shape index (κ2) is 13.7. The minimum absolute atomic E-state index is 0.00863. The first-order valence-corrected chi connectivity index (χ1v) is 15.6. The topological polar surface area (TPSA) is 86.8 Å². The fourth-order valence-electron chi connectivity index (χ4n) is 4.05. The summed E-state index contributed by atoms with van der Waals surface area (Å²) in [6.45, 7) is 3.17. The fraction of sp³-hybridized carbons (Fsp3) is 0.286. The van der Waals surface area contributed by atoms with Gasteiger partial charge in [-0.15, -0.1) is 0 Å². The van der Waals surface area contributed by atoms with Crippen molar-refractivity contribution in [2.45, 2.75) is 38.9 Å². The van der Waals surface area contributed by atoms with Crippen LogP contribution in [-0.2, 0) is 32.6 Å². The molecule has 208 valence electrons. The van der Waals surface area contributed by atoms with Crippen LogP contribution in [0.15, 0.2) is 77.3 Å². The number of nitrogens with zero attached hydrogens (tertiary/aromatic N) is 2. The van der Waals surface area contributed by atoms with Gasteiger partial charge in [-0.3, -0.25) is 13.9 Å². The van der Waals surface area contributed by atoms with Gasteiger partial charge in [0.25, 0.3) is 0 Å². The largest absolute Gasteiger partial charge is 0.352 e. The summed E-state index contributed by atoms with van der Waals surface area (Å²) in [5.74, 6) is -0.917. The average molecular weight is 655 g/mol. The maximum absolute atomic E-state index is 14.0. The van der Waals surface area contributed by atoms with Crippen LogP contribution in [0.4, 0.5) is 5.69 Å². The van der Waals surface area contributed by atoms with Gasteiger partial charge in [0.15, 0.2) is 0 Å². The molecule has 0 heterocycles. The fourth-order valence-corrected chi connectivity index (χ4v) is 5.80. The third-order valence-electron chi connectivity index (χ3n) is 5.82. The number of carbonyl (C=O) groups excluding carboxylic acids is 2.